The fraction of sp³-hybridized carbons (Fsp3) is 0.625. The minimum absolute atomic E-state index is 0.447. The number of nitrogens with one attached hydrogen (secondary N) is 1. The lowest BCUT2D eigenvalue weighted by atomic mass is 9.97. The Labute approximate surface area is 115 Å². The van der Waals surface area contributed by atoms with Gasteiger partial charge in [-0.05, 0) is 49.9 Å². The van der Waals surface area contributed by atoms with Gasteiger partial charge in [-0.25, -0.2) is 0 Å². The van der Waals surface area contributed by atoms with E-state index in [0.717, 1.165) is 26.2 Å². The molecule has 2 aliphatic rings. The molecular formula is C16H24N2O. The molecule has 1 unspecified atom stereocenters. The Morgan fingerprint density at radius 3 is 3.16 bits per heavy atom. The van der Waals surface area contributed by atoms with Crippen molar-refractivity contribution in [3.05, 3.63) is 29.3 Å². The Hall–Kier alpha value is -1.06. The Kier molecular flexibility index (Phi) is 4.04. The average Bonchev–Trinajstić information content (AvgIpc) is 2.92. The van der Waals surface area contributed by atoms with Crippen LogP contribution in [0.2, 0.25) is 0 Å². The molecule has 0 aromatic heterocycles. The third kappa shape index (κ3) is 3.10. The van der Waals surface area contributed by atoms with Crippen LogP contribution >= 0.6 is 0 Å². The van der Waals surface area contributed by atoms with E-state index in [2.05, 4.69) is 35.5 Å². The van der Waals surface area contributed by atoms with Crippen LogP contribution in [0.4, 0.5) is 5.69 Å². The zero-order chi connectivity index (χ0) is 13.1. The predicted octanol–water partition coefficient (Wildman–Crippen LogP) is 2.66. The van der Waals surface area contributed by atoms with E-state index in [4.69, 9.17) is 4.74 Å². The van der Waals surface area contributed by atoms with E-state index in [-0.39, 0.29) is 0 Å². The van der Waals surface area contributed by atoms with Crippen molar-refractivity contribution in [1.82, 2.24) is 4.90 Å². The van der Waals surface area contributed by atoms with Gasteiger partial charge < -0.3 is 10.1 Å². The number of hydrogen-bond acceptors (Lipinski definition) is 3. The first-order valence-electron chi connectivity index (χ1n) is 7.48. The van der Waals surface area contributed by atoms with E-state index in [9.17, 15) is 0 Å². The van der Waals surface area contributed by atoms with E-state index < -0.39 is 0 Å². The Bertz CT molecular complexity index is 427. The second-order valence-electron chi connectivity index (χ2n) is 5.81. The van der Waals surface area contributed by atoms with Gasteiger partial charge in [-0.1, -0.05) is 12.1 Å². The topological polar surface area (TPSA) is 24.5 Å². The van der Waals surface area contributed by atoms with E-state index in [1.807, 2.05) is 0 Å². The Morgan fingerprint density at radius 2 is 2.32 bits per heavy atom. The summed E-state index contributed by atoms with van der Waals surface area (Å²) in [7, 11) is 2.21. The van der Waals surface area contributed by atoms with Crippen LogP contribution in [0, 0.1) is 0 Å². The molecule has 1 aromatic carbocycles. The second kappa shape index (κ2) is 5.93. The molecule has 19 heavy (non-hydrogen) atoms. The minimum atomic E-state index is 0.447. The molecule has 1 saturated heterocycles. The molecule has 0 radical (unpaired) electrons. The van der Waals surface area contributed by atoms with Gasteiger partial charge in [0.15, 0.2) is 0 Å². The average molecular weight is 260 g/mol. The maximum Gasteiger partial charge on any atom is 0.0702 e. The summed E-state index contributed by atoms with van der Waals surface area (Å²) in [6.07, 6.45) is 5.36. The van der Waals surface area contributed by atoms with E-state index in [1.165, 1.54) is 42.5 Å². The molecule has 3 rings (SSSR count). The van der Waals surface area contributed by atoms with Crippen molar-refractivity contribution in [3.8, 4) is 0 Å². The van der Waals surface area contributed by atoms with Gasteiger partial charge in [0.05, 0.1) is 6.10 Å². The molecule has 2 aliphatic heterocycles. The lowest BCUT2D eigenvalue weighted by Crippen LogP contribution is -2.29. The molecule has 0 bridgehead atoms. The maximum atomic E-state index is 5.72. The molecule has 1 aromatic rings. The van der Waals surface area contributed by atoms with Crippen LogP contribution in [0.1, 0.15) is 30.4 Å². The van der Waals surface area contributed by atoms with Crippen molar-refractivity contribution in [3.63, 3.8) is 0 Å². The van der Waals surface area contributed by atoms with E-state index in [0.29, 0.717) is 6.10 Å². The monoisotopic (exact) mass is 260 g/mol. The number of nitrogens with zero attached hydrogens (tertiary/aromatic N) is 1. The van der Waals surface area contributed by atoms with Gasteiger partial charge in [-0.15, -0.1) is 0 Å². The summed E-state index contributed by atoms with van der Waals surface area (Å²) < 4.78 is 5.72. The van der Waals surface area contributed by atoms with E-state index >= 15 is 0 Å². The van der Waals surface area contributed by atoms with Gasteiger partial charge >= 0.3 is 0 Å². The quantitative estimate of drug-likeness (QED) is 0.900. The third-order valence-corrected chi connectivity index (χ3v) is 4.17. The number of hydrogen-bond donors (Lipinski definition) is 1. The molecule has 0 spiro atoms. The van der Waals surface area contributed by atoms with Crippen LogP contribution in [0.5, 0.6) is 0 Å². The number of anilines is 1. The van der Waals surface area contributed by atoms with Crippen LogP contribution in [0.15, 0.2) is 18.2 Å². The SMILES string of the molecule is CN(Cc1cccc2c1CCCN2)CC1CCCO1. The molecule has 0 aliphatic carbocycles. The third-order valence-electron chi connectivity index (χ3n) is 4.17. The fourth-order valence-corrected chi connectivity index (χ4v) is 3.22. The number of fused-ring (bicyclic) bond motifs is 1. The molecule has 1 N–H and O–H groups in total. The van der Waals surface area contributed by atoms with Crippen molar-refractivity contribution in [2.45, 2.75) is 38.3 Å². The largest absolute Gasteiger partial charge is 0.385 e. The highest BCUT2D eigenvalue weighted by Crippen LogP contribution is 2.26. The summed E-state index contributed by atoms with van der Waals surface area (Å²) in [6, 6.07) is 6.66. The van der Waals surface area contributed by atoms with Gasteiger partial charge in [-0.3, -0.25) is 4.90 Å². The van der Waals surface area contributed by atoms with Gasteiger partial charge in [0.1, 0.15) is 0 Å². The number of benzene rings is 1. The highest BCUT2D eigenvalue weighted by Gasteiger charge is 2.19. The molecule has 3 heteroatoms. The highest BCUT2D eigenvalue weighted by molar-refractivity contribution is 5.56. The van der Waals surface area contributed by atoms with Gasteiger partial charge in [0, 0.05) is 31.9 Å². The molecule has 1 fully saturated rings. The first kappa shape index (κ1) is 12.9. The normalized spacial score (nSPS) is 22.3. The predicted molar refractivity (Wildman–Crippen MR) is 78.6 cm³/mol. The molecule has 0 amide bonds. The summed E-state index contributed by atoms with van der Waals surface area (Å²) in [5, 5.41) is 3.51. The fourth-order valence-electron chi connectivity index (χ4n) is 3.22. The van der Waals surface area contributed by atoms with Gasteiger partial charge in [0.2, 0.25) is 0 Å². The Morgan fingerprint density at radius 1 is 1.37 bits per heavy atom. The van der Waals surface area contributed by atoms with Crippen molar-refractivity contribution in [2.75, 3.05) is 32.1 Å². The van der Waals surface area contributed by atoms with Crippen LogP contribution in [0.3, 0.4) is 0 Å². The summed E-state index contributed by atoms with van der Waals surface area (Å²) in [4.78, 5) is 2.40. The maximum absolute atomic E-state index is 5.72. The second-order valence-corrected chi connectivity index (χ2v) is 5.81. The van der Waals surface area contributed by atoms with Crippen molar-refractivity contribution >= 4 is 5.69 Å². The first-order chi connectivity index (χ1) is 9.33. The highest BCUT2D eigenvalue weighted by atomic mass is 16.5. The summed E-state index contributed by atoms with van der Waals surface area (Å²) >= 11 is 0. The van der Waals surface area contributed by atoms with Crippen LogP contribution < -0.4 is 5.32 Å². The van der Waals surface area contributed by atoms with Crippen LogP contribution in [0.25, 0.3) is 0 Å². The number of likely N-dealkylation sites (N-methyl/N-ethyl adjacent to an activating group) is 1. The summed E-state index contributed by atoms with van der Waals surface area (Å²) in [5.74, 6) is 0. The smallest absolute Gasteiger partial charge is 0.0702 e. The molecular weight excluding hydrogens is 236 g/mol. The lowest BCUT2D eigenvalue weighted by Gasteiger charge is -2.25. The standard InChI is InChI=1S/C16H24N2O/c1-18(12-14-6-4-10-19-14)11-13-5-2-8-16-15(13)7-3-9-17-16/h2,5,8,14,17H,3-4,6-7,9-12H2,1H3. The summed E-state index contributed by atoms with van der Waals surface area (Å²) in [5.41, 5.74) is 4.34. The number of ether oxygens (including phenoxy) is 1. The van der Waals surface area contributed by atoms with Crippen molar-refractivity contribution in [1.29, 1.82) is 0 Å². The Balaban J connectivity index is 1.65. The van der Waals surface area contributed by atoms with Gasteiger partial charge in [-0.2, -0.15) is 0 Å². The van der Waals surface area contributed by atoms with Crippen molar-refractivity contribution in [2.24, 2.45) is 0 Å². The zero-order valence-electron chi connectivity index (χ0n) is 11.8. The molecule has 2 heterocycles. The molecule has 3 nitrogen and oxygen atoms in total. The van der Waals surface area contributed by atoms with E-state index in [1.54, 1.807) is 0 Å². The zero-order valence-corrected chi connectivity index (χ0v) is 11.8. The lowest BCUT2D eigenvalue weighted by molar-refractivity contribution is 0.0792. The summed E-state index contributed by atoms with van der Waals surface area (Å²) in [6.45, 7) is 4.15. The first-order valence-corrected chi connectivity index (χ1v) is 7.48. The van der Waals surface area contributed by atoms with Crippen LogP contribution in [-0.2, 0) is 17.7 Å². The van der Waals surface area contributed by atoms with Gasteiger partial charge in [0.25, 0.3) is 0 Å². The number of rotatable bonds is 4. The minimum Gasteiger partial charge on any atom is -0.385 e. The molecule has 1 atom stereocenters. The molecule has 104 valence electrons. The van der Waals surface area contributed by atoms with Crippen molar-refractivity contribution < 1.29 is 4.74 Å². The van der Waals surface area contributed by atoms with Crippen LogP contribution in [-0.4, -0.2) is 37.7 Å². The molecule has 0 saturated carbocycles.